The summed E-state index contributed by atoms with van der Waals surface area (Å²) in [5, 5.41) is 12.3. The van der Waals surface area contributed by atoms with E-state index >= 15 is 0 Å². The van der Waals surface area contributed by atoms with Crippen LogP contribution >= 0.6 is 8.53 Å². The van der Waals surface area contributed by atoms with Gasteiger partial charge in [0.15, 0.2) is 6.23 Å². The fourth-order valence-electron chi connectivity index (χ4n) is 7.53. The fraction of sp³-hybridized carbons (Fsp3) is 0.432. The van der Waals surface area contributed by atoms with Crippen molar-refractivity contribution in [3.8, 4) is 17.6 Å². The third-order valence-corrected chi connectivity index (χ3v) is 12.4. The summed E-state index contributed by atoms with van der Waals surface area (Å²) in [4.78, 5) is 56.6. The van der Waals surface area contributed by atoms with E-state index in [1.807, 2.05) is 87.0 Å². The van der Waals surface area contributed by atoms with Crippen molar-refractivity contribution in [3.05, 3.63) is 128 Å². The number of nitrogens with zero attached hydrogens (tertiary/aromatic N) is 3. The molecule has 5 atom stereocenters. The number of hydrogen-bond acceptors (Lipinski definition) is 13. The number of hydrogen-bond donors (Lipinski definition) is 2. The molecule has 1 aliphatic rings. The number of ether oxygens (including phenoxy) is 5. The number of nitrogens with one attached hydrogen (secondary N) is 2. The van der Waals surface area contributed by atoms with Gasteiger partial charge in [-0.15, -0.1) is 0 Å². The number of aromatic nitrogens is 2. The highest BCUT2D eigenvalue weighted by molar-refractivity contribution is 7.44. The Morgan fingerprint density at radius 3 is 1.98 bits per heavy atom. The molecule has 1 fully saturated rings. The van der Waals surface area contributed by atoms with Gasteiger partial charge in [0.25, 0.3) is 14.1 Å². The second-order valence-corrected chi connectivity index (χ2v) is 16.4. The number of aryl methyl sites for hydroxylation is 1. The minimum atomic E-state index is -2.27. The summed E-state index contributed by atoms with van der Waals surface area (Å²) in [6.07, 6.45) is -1.65. The summed E-state index contributed by atoms with van der Waals surface area (Å²) in [7, 11) is 2.17. The number of benzene rings is 3. The average Bonchev–Trinajstić information content (AvgIpc) is 3.54. The molecule has 3 aromatic carbocycles. The van der Waals surface area contributed by atoms with Crippen LogP contribution in [0.3, 0.4) is 0 Å². The smallest absolute Gasteiger partial charge is 0.343 e. The number of carbonyl (C=O) groups is 2. The Balaban J connectivity index is 1.83. The third kappa shape index (κ3) is 9.89. The van der Waals surface area contributed by atoms with E-state index in [0.29, 0.717) is 28.2 Å². The molecule has 2 heterocycles. The van der Waals surface area contributed by atoms with Gasteiger partial charge in [0.05, 0.1) is 47.0 Å². The van der Waals surface area contributed by atoms with Crippen LogP contribution in [0.2, 0.25) is 0 Å². The van der Waals surface area contributed by atoms with Crippen LogP contribution in [0.5, 0.6) is 11.5 Å². The Hall–Kier alpha value is -5.40. The molecule has 61 heavy (non-hydrogen) atoms. The van der Waals surface area contributed by atoms with Crippen LogP contribution in [0.25, 0.3) is 0 Å². The summed E-state index contributed by atoms with van der Waals surface area (Å²) in [6.45, 7) is 9.94. The van der Waals surface area contributed by atoms with Gasteiger partial charge in [0.1, 0.15) is 29.2 Å². The van der Waals surface area contributed by atoms with Crippen molar-refractivity contribution in [2.45, 2.75) is 89.6 Å². The summed E-state index contributed by atoms with van der Waals surface area (Å²) < 4.78 is 47.1. The minimum absolute atomic E-state index is 0.0215. The monoisotopic (exact) mass is 859 g/mol. The molecule has 0 radical (unpaired) electrons. The number of H-pyrrole nitrogens is 1. The first-order chi connectivity index (χ1) is 29.2. The van der Waals surface area contributed by atoms with Gasteiger partial charge in [-0.3, -0.25) is 19.1 Å². The first-order valence-electron chi connectivity index (χ1n) is 19.8. The lowest BCUT2D eigenvalue weighted by Crippen LogP contribution is -2.59. The van der Waals surface area contributed by atoms with E-state index in [0.717, 1.165) is 4.57 Å². The zero-order valence-corrected chi connectivity index (χ0v) is 36.8. The quantitative estimate of drug-likeness (QED) is 0.0522. The van der Waals surface area contributed by atoms with Crippen LogP contribution in [0.4, 0.5) is 0 Å². The van der Waals surface area contributed by atoms with Crippen LogP contribution in [-0.4, -0.2) is 90.5 Å². The Morgan fingerprint density at radius 1 is 0.934 bits per heavy atom. The van der Waals surface area contributed by atoms with Gasteiger partial charge >= 0.3 is 11.7 Å². The number of amides is 1. The molecule has 17 heteroatoms. The zero-order valence-electron chi connectivity index (χ0n) is 35.9. The Morgan fingerprint density at radius 2 is 1.49 bits per heavy atom. The van der Waals surface area contributed by atoms with E-state index in [-0.39, 0.29) is 30.7 Å². The molecule has 16 nitrogen and oxygen atoms in total. The van der Waals surface area contributed by atoms with Gasteiger partial charge in [0.2, 0.25) is 11.5 Å². The van der Waals surface area contributed by atoms with Crippen LogP contribution in [0.1, 0.15) is 69.5 Å². The van der Waals surface area contributed by atoms with Gasteiger partial charge in [-0.05, 0) is 75.6 Å². The van der Waals surface area contributed by atoms with E-state index in [1.165, 1.54) is 27.2 Å². The number of nitriles is 1. The summed E-state index contributed by atoms with van der Waals surface area (Å²) in [5.41, 5.74) is -3.17. The molecule has 326 valence electrons. The van der Waals surface area contributed by atoms with Gasteiger partial charge in [-0.25, -0.2) is 14.3 Å². The SMILES string of the molecule is COC(=O)[C@]1(COC(c2ccccc2)(c2ccc(OC)cc2)c2ccc(OC)cc2)O[C@@H](n2cc(C)c(=O)[nH]c2=O)[C@H](NC(C)=O)[C@@H]1OP(OCCC#N)N(C(C)C)C(C)C. The molecule has 0 spiro atoms. The van der Waals surface area contributed by atoms with Crippen molar-refractivity contribution in [3.63, 3.8) is 0 Å². The highest BCUT2D eigenvalue weighted by Crippen LogP contribution is 2.53. The molecule has 1 aromatic heterocycles. The van der Waals surface area contributed by atoms with E-state index in [1.54, 1.807) is 38.5 Å². The Bertz CT molecular complexity index is 2210. The van der Waals surface area contributed by atoms with E-state index in [2.05, 4.69) is 16.4 Å². The lowest BCUT2D eigenvalue weighted by Gasteiger charge is -2.42. The number of methoxy groups -OCH3 is 3. The maximum atomic E-state index is 14.8. The molecule has 1 unspecified atom stereocenters. The number of aromatic amines is 1. The standard InChI is InChI=1S/C44H54N5O11P/c1-28(2)49(29(3)4)61(58-25-13-24-45)60-38-37(46-31(6)50)40(48-26-30(5)39(51)47-42(48)53)59-43(38,41(52)56-9)27-57-44(32-14-11-10-12-15-32,33-16-20-35(54-7)21-17-33)34-18-22-36(55-8)23-19-34/h10-12,14-23,26,28-29,37-38,40H,13,25,27H2,1-9H3,(H,46,50)(H,47,51,53)/t37-,38+,40-,43-,61?/m1/s1. The molecule has 4 aromatic rings. The van der Waals surface area contributed by atoms with Crippen molar-refractivity contribution in [1.82, 2.24) is 19.5 Å². The maximum absolute atomic E-state index is 14.8. The Labute approximate surface area is 356 Å². The molecular formula is C44H54N5O11P. The van der Waals surface area contributed by atoms with Crippen molar-refractivity contribution >= 4 is 20.4 Å². The predicted octanol–water partition coefficient (Wildman–Crippen LogP) is 5.48. The number of rotatable bonds is 19. The molecule has 2 N–H and O–H groups in total. The molecule has 1 saturated heterocycles. The van der Waals surface area contributed by atoms with Crippen LogP contribution < -0.4 is 26.0 Å². The fourth-order valence-corrected chi connectivity index (χ4v) is 9.33. The molecule has 0 aliphatic carbocycles. The maximum Gasteiger partial charge on any atom is 0.343 e. The van der Waals surface area contributed by atoms with E-state index < -0.39 is 67.8 Å². The van der Waals surface area contributed by atoms with Gasteiger partial charge in [0, 0.05) is 30.8 Å². The second kappa shape index (κ2) is 20.4. The van der Waals surface area contributed by atoms with Crippen molar-refractivity contribution in [1.29, 1.82) is 5.26 Å². The van der Waals surface area contributed by atoms with Crippen molar-refractivity contribution < 1.29 is 42.3 Å². The zero-order chi connectivity index (χ0) is 44.5. The summed E-state index contributed by atoms with van der Waals surface area (Å²) >= 11 is 0. The average molecular weight is 860 g/mol. The number of carbonyl (C=O) groups excluding carboxylic acids is 2. The van der Waals surface area contributed by atoms with Gasteiger partial charge in [-0.1, -0.05) is 54.6 Å². The first-order valence-corrected chi connectivity index (χ1v) is 20.9. The molecule has 0 saturated carbocycles. The van der Waals surface area contributed by atoms with Crippen LogP contribution in [-0.2, 0) is 38.4 Å². The highest BCUT2D eigenvalue weighted by Gasteiger charge is 2.65. The van der Waals surface area contributed by atoms with Crippen LogP contribution in [0, 0.1) is 18.3 Å². The van der Waals surface area contributed by atoms with Gasteiger partial charge < -0.3 is 38.0 Å². The molecular weight excluding hydrogens is 805 g/mol. The molecule has 1 aliphatic heterocycles. The lowest BCUT2D eigenvalue weighted by molar-refractivity contribution is -0.197. The topological polar surface area (TPSA) is 193 Å². The summed E-state index contributed by atoms with van der Waals surface area (Å²) in [5.74, 6) is -0.321. The normalized spacial score (nSPS) is 19.4. The third-order valence-electron chi connectivity index (χ3n) is 10.3. The van der Waals surface area contributed by atoms with Crippen molar-refractivity contribution in [2.75, 3.05) is 34.5 Å². The van der Waals surface area contributed by atoms with Crippen molar-refractivity contribution in [2.24, 2.45) is 0 Å². The highest BCUT2D eigenvalue weighted by atomic mass is 31.2. The number of esters is 1. The van der Waals surface area contributed by atoms with Crippen LogP contribution in [0.15, 0.2) is 94.6 Å². The summed E-state index contributed by atoms with van der Waals surface area (Å²) in [6, 6.07) is 24.4. The largest absolute Gasteiger partial charge is 0.497 e. The minimum Gasteiger partial charge on any atom is -0.497 e. The molecule has 1 amide bonds. The molecule has 5 rings (SSSR count). The van der Waals surface area contributed by atoms with Gasteiger partial charge in [-0.2, -0.15) is 5.26 Å². The Kier molecular flexibility index (Phi) is 15.6. The van der Waals surface area contributed by atoms with E-state index in [4.69, 9.17) is 32.7 Å². The second-order valence-electron chi connectivity index (χ2n) is 15.0. The molecule has 0 bridgehead atoms. The van der Waals surface area contributed by atoms with E-state index in [9.17, 15) is 24.4 Å². The first kappa shape index (κ1) is 46.7. The lowest BCUT2D eigenvalue weighted by atomic mass is 9.79. The predicted molar refractivity (Wildman–Crippen MR) is 227 cm³/mol.